The Balaban J connectivity index is 2.50. The number of hydrogen-bond donors (Lipinski definition) is 2. The number of hydrazine groups is 1. The second-order valence-corrected chi connectivity index (χ2v) is 4.37. The van der Waals surface area contributed by atoms with Crippen LogP contribution in [0.25, 0.3) is 0 Å². The van der Waals surface area contributed by atoms with Crippen molar-refractivity contribution in [3.8, 4) is 5.75 Å². The van der Waals surface area contributed by atoms with Crippen molar-refractivity contribution in [1.82, 2.24) is 5.43 Å². The van der Waals surface area contributed by atoms with Crippen LogP contribution in [0.4, 0.5) is 4.39 Å². The van der Waals surface area contributed by atoms with Gasteiger partial charge in [-0.05, 0) is 24.6 Å². The molecule has 1 atom stereocenters. The van der Waals surface area contributed by atoms with Gasteiger partial charge < -0.3 is 4.74 Å². The van der Waals surface area contributed by atoms with Crippen molar-refractivity contribution in [1.29, 1.82) is 0 Å². The van der Waals surface area contributed by atoms with E-state index in [4.69, 9.17) is 10.6 Å². The molecular formula is C15H17FN2O. The molecule has 0 amide bonds. The van der Waals surface area contributed by atoms with Gasteiger partial charge in [0.2, 0.25) is 0 Å². The molecule has 100 valence electrons. The third kappa shape index (κ3) is 2.75. The molecule has 0 heterocycles. The zero-order chi connectivity index (χ0) is 13.8. The van der Waals surface area contributed by atoms with Gasteiger partial charge in [-0.1, -0.05) is 30.3 Å². The Hall–Kier alpha value is -1.91. The fraction of sp³-hybridized carbons (Fsp3) is 0.200. The molecule has 0 saturated carbocycles. The monoisotopic (exact) mass is 260 g/mol. The van der Waals surface area contributed by atoms with Gasteiger partial charge in [-0.15, -0.1) is 0 Å². The highest BCUT2D eigenvalue weighted by Gasteiger charge is 2.19. The Bertz CT molecular complexity index is 572. The summed E-state index contributed by atoms with van der Waals surface area (Å²) in [6, 6.07) is 12.1. The zero-order valence-electron chi connectivity index (χ0n) is 11.0. The van der Waals surface area contributed by atoms with Crippen molar-refractivity contribution >= 4 is 0 Å². The first-order chi connectivity index (χ1) is 9.17. The van der Waals surface area contributed by atoms with Crippen molar-refractivity contribution in [3.63, 3.8) is 0 Å². The van der Waals surface area contributed by atoms with Gasteiger partial charge in [0.1, 0.15) is 11.6 Å². The molecule has 0 saturated heterocycles. The summed E-state index contributed by atoms with van der Waals surface area (Å²) in [6.45, 7) is 1.85. The number of para-hydroxylation sites is 1. The maximum Gasteiger partial charge on any atom is 0.128 e. The highest BCUT2D eigenvalue weighted by molar-refractivity contribution is 5.42. The number of hydrogen-bond acceptors (Lipinski definition) is 3. The largest absolute Gasteiger partial charge is 0.496 e. The van der Waals surface area contributed by atoms with Crippen molar-refractivity contribution in [2.24, 2.45) is 5.84 Å². The molecule has 2 rings (SSSR count). The lowest BCUT2D eigenvalue weighted by Gasteiger charge is -2.20. The molecule has 4 heteroatoms. The van der Waals surface area contributed by atoms with Gasteiger partial charge in [-0.25, -0.2) is 9.82 Å². The first-order valence-corrected chi connectivity index (χ1v) is 6.02. The van der Waals surface area contributed by atoms with Crippen LogP contribution in [-0.2, 0) is 0 Å². The first kappa shape index (κ1) is 13.5. The number of rotatable bonds is 4. The quantitative estimate of drug-likeness (QED) is 0.656. The molecule has 3 N–H and O–H groups in total. The first-order valence-electron chi connectivity index (χ1n) is 6.02. The predicted octanol–water partition coefficient (Wildman–Crippen LogP) is 2.70. The molecule has 0 fully saturated rings. The van der Waals surface area contributed by atoms with E-state index in [-0.39, 0.29) is 5.82 Å². The fourth-order valence-corrected chi connectivity index (χ4v) is 2.12. The van der Waals surface area contributed by atoms with Crippen molar-refractivity contribution in [2.75, 3.05) is 7.11 Å². The minimum absolute atomic E-state index is 0.283. The highest BCUT2D eigenvalue weighted by atomic mass is 19.1. The lowest BCUT2D eigenvalue weighted by atomic mass is 9.97. The molecule has 2 aromatic carbocycles. The van der Waals surface area contributed by atoms with Gasteiger partial charge in [0.25, 0.3) is 0 Å². The standard InChI is InChI=1S/C15H17FN2O/c1-10-7-8-11(13(16)9-10)15(18-17)12-5-3-4-6-14(12)19-2/h3-9,15,18H,17H2,1-2H3. The van der Waals surface area contributed by atoms with Crippen LogP contribution in [0.15, 0.2) is 42.5 Å². The molecule has 0 aromatic heterocycles. The Morgan fingerprint density at radius 1 is 1.16 bits per heavy atom. The average Bonchev–Trinajstić information content (AvgIpc) is 2.42. The third-order valence-corrected chi connectivity index (χ3v) is 3.08. The van der Waals surface area contributed by atoms with E-state index < -0.39 is 6.04 Å². The van der Waals surface area contributed by atoms with Crippen molar-refractivity contribution in [3.05, 3.63) is 65.0 Å². The summed E-state index contributed by atoms with van der Waals surface area (Å²) in [6.07, 6.45) is 0. The molecule has 19 heavy (non-hydrogen) atoms. The molecule has 0 aliphatic rings. The third-order valence-electron chi connectivity index (χ3n) is 3.08. The molecule has 0 radical (unpaired) electrons. The van der Waals surface area contributed by atoms with Crippen molar-refractivity contribution < 1.29 is 9.13 Å². The van der Waals surface area contributed by atoms with E-state index in [0.717, 1.165) is 11.1 Å². The van der Waals surface area contributed by atoms with Crippen LogP contribution in [-0.4, -0.2) is 7.11 Å². The molecule has 0 spiro atoms. The number of aryl methyl sites for hydroxylation is 1. The average molecular weight is 260 g/mol. The number of nitrogens with one attached hydrogen (secondary N) is 1. The highest BCUT2D eigenvalue weighted by Crippen LogP contribution is 2.30. The minimum Gasteiger partial charge on any atom is -0.496 e. The summed E-state index contributed by atoms with van der Waals surface area (Å²) in [4.78, 5) is 0. The van der Waals surface area contributed by atoms with Gasteiger partial charge in [0, 0.05) is 11.1 Å². The number of halogens is 1. The molecule has 1 unspecified atom stereocenters. The second kappa shape index (κ2) is 5.82. The van der Waals surface area contributed by atoms with E-state index in [0.29, 0.717) is 11.3 Å². The maximum absolute atomic E-state index is 14.1. The summed E-state index contributed by atoms with van der Waals surface area (Å²) in [5.41, 5.74) is 4.82. The molecular weight excluding hydrogens is 243 g/mol. The predicted molar refractivity (Wildman–Crippen MR) is 73.3 cm³/mol. The Morgan fingerprint density at radius 3 is 2.53 bits per heavy atom. The summed E-state index contributed by atoms with van der Waals surface area (Å²) in [5, 5.41) is 0. The van der Waals surface area contributed by atoms with Gasteiger partial charge in [-0.3, -0.25) is 5.84 Å². The van der Waals surface area contributed by atoms with Crippen LogP contribution in [0, 0.1) is 12.7 Å². The van der Waals surface area contributed by atoms with E-state index >= 15 is 0 Å². The van der Waals surface area contributed by atoms with Crippen LogP contribution >= 0.6 is 0 Å². The summed E-state index contributed by atoms with van der Waals surface area (Å²) < 4.78 is 19.4. The number of nitrogens with two attached hydrogens (primary N) is 1. The van der Waals surface area contributed by atoms with Gasteiger partial charge in [0.05, 0.1) is 13.2 Å². The number of benzene rings is 2. The Kier molecular flexibility index (Phi) is 4.14. The summed E-state index contributed by atoms with van der Waals surface area (Å²) in [7, 11) is 1.58. The molecule has 2 aromatic rings. The summed E-state index contributed by atoms with van der Waals surface area (Å²) >= 11 is 0. The smallest absolute Gasteiger partial charge is 0.128 e. The van der Waals surface area contributed by atoms with Crippen molar-refractivity contribution in [2.45, 2.75) is 13.0 Å². The topological polar surface area (TPSA) is 47.3 Å². The lowest BCUT2D eigenvalue weighted by molar-refractivity contribution is 0.403. The zero-order valence-corrected chi connectivity index (χ0v) is 11.0. The molecule has 0 aliphatic heterocycles. The molecule has 3 nitrogen and oxygen atoms in total. The van der Waals surface area contributed by atoms with E-state index in [9.17, 15) is 4.39 Å². The van der Waals surface area contributed by atoms with Crippen LogP contribution < -0.4 is 16.0 Å². The molecule has 0 bridgehead atoms. The van der Waals surface area contributed by atoms with E-state index in [1.807, 2.05) is 37.3 Å². The van der Waals surface area contributed by atoms with Crippen LogP contribution in [0.2, 0.25) is 0 Å². The Morgan fingerprint density at radius 2 is 1.89 bits per heavy atom. The SMILES string of the molecule is COc1ccccc1C(NN)c1ccc(C)cc1F. The normalized spacial score (nSPS) is 12.2. The number of ether oxygens (including phenoxy) is 1. The van der Waals surface area contributed by atoms with Crippen LogP contribution in [0.3, 0.4) is 0 Å². The summed E-state index contributed by atoms with van der Waals surface area (Å²) in [5.74, 6) is 5.98. The van der Waals surface area contributed by atoms with E-state index in [1.165, 1.54) is 6.07 Å². The van der Waals surface area contributed by atoms with Gasteiger partial charge >= 0.3 is 0 Å². The number of methoxy groups -OCH3 is 1. The van der Waals surface area contributed by atoms with E-state index in [1.54, 1.807) is 13.2 Å². The lowest BCUT2D eigenvalue weighted by Crippen LogP contribution is -2.29. The van der Waals surface area contributed by atoms with Crippen LogP contribution in [0.5, 0.6) is 5.75 Å². The van der Waals surface area contributed by atoms with Crippen LogP contribution in [0.1, 0.15) is 22.7 Å². The van der Waals surface area contributed by atoms with Gasteiger partial charge in [0.15, 0.2) is 0 Å². The van der Waals surface area contributed by atoms with E-state index in [2.05, 4.69) is 5.43 Å². The Labute approximate surface area is 112 Å². The minimum atomic E-state index is -0.447. The fourth-order valence-electron chi connectivity index (χ4n) is 2.12. The molecule has 0 aliphatic carbocycles. The maximum atomic E-state index is 14.1. The second-order valence-electron chi connectivity index (χ2n) is 4.37. The van der Waals surface area contributed by atoms with Gasteiger partial charge in [-0.2, -0.15) is 0 Å².